The van der Waals surface area contributed by atoms with Gasteiger partial charge in [0.2, 0.25) is 0 Å². The van der Waals surface area contributed by atoms with Crippen LogP contribution in [0.25, 0.3) is 0 Å². The zero-order chi connectivity index (χ0) is 8.01. The van der Waals surface area contributed by atoms with Gasteiger partial charge in [-0.05, 0) is 13.8 Å². The van der Waals surface area contributed by atoms with E-state index in [4.69, 9.17) is 4.74 Å². The first-order valence-corrected chi connectivity index (χ1v) is 4.29. The number of hydrogen-bond donors (Lipinski definition) is 0. The molecule has 0 aromatic carbocycles. The molecule has 11 heavy (non-hydrogen) atoms. The zero-order valence-corrected chi connectivity index (χ0v) is 7.21. The van der Waals surface area contributed by atoms with E-state index in [1.807, 2.05) is 0 Å². The van der Waals surface area contributed by atoms with Crippen molar-refractivity contribution in [1.82, 2.24) is 4.90 Å². The lowest BCUT2D eigenvalue weighted by atomic mass is 10.2. The van der Waals surface area contributed by atoms with E-state index in [-0.39, 0.29) is 0 Å². The van der Waals surface area contributed by atoms with Crippen LogP contribution in [0.1, 0.15) is 20.3 Å². The monoisotopic (exact) mass is 153 g/mol. The van der Waals surface area contributed by atoms with Crippen LogP contribution in [-0.4, -0.2) is 29.6 Å². The van der Waals surface area contributed by atoms with Crippen molar-refractivity contribution in [3.8, 4) is 0 Å². The highest BCUT2D eigenvalue weighted by atomic mass is 16.5. The molecule has 2 fully saturated rings. The Balaban J connectivity index is 2.12. The van der Waals surface area contributed by atoms with Gasteiger partial charge < -0.3 is 4.74 Å². The van der Waals surface area contributed by atoms with E-state index in [2.05, 4.69) is 25.3 Å². The molecule has 2 rings (SSSR count). The largest absolute Gasteiger partial charge is 0.492 e. The Morgan fingerprint density at radius 1 is 1.64 bits per heavy atom. The summed E-state index contributed by atoms with van der Waals surface area (Å²) in [6, 6.07) is 1.14. The molecule has 2 heterocycles. The summed E-state index contributed by atoms with van der Waals surface area (Å²) in [5, 5.41) is 0. The lowest BCUT2D eigenvalue weighted by Crippen LogP contribution is -2.40. The molecule has 2 nitrogen and oxygen atoms in total. The second-order valence-corrected chi connectivity index (χ2v) is 3.75. The normalized spacial score (nSPS) is 36.8. The van der Waals surface area contributed by atoms with Crippen LogP contribution < -0.4 is 0 Å². The zero-order valence-electron chi connectivity index (χ0n) is 7.21. The van der Waals surface area contributed by atoms with Gasteiger partial charge in [-0.2, -0.15) is 0 Å². The van der Waals surface area contributed by atoms with E-state index in [1.54, 1.807) is 0 Å². The van der Waals surface area contributed by atoms with Gasteiger partial charge in [0, 0.05) is 19.0 Å². The Hall–Kier alpha value is -0.500. The molecular weight excluding hydrogens is 138 g/mol. The predicted molar refractivity (Wildman–Crippen MR) is 44.3 cm³/mol. The van der Waals surface area contributed by atoms with Crippen LogP contribution >= 0.6 is 0 Å². The van der Waals surface area contributed by atoms with Crippen molar-refractivity contribution in [2.45, 2.75) is 38.5 Å². The van der Waals surface area contributed by atoms with Gasteiger partial charge in [0.15, 0.2) is 0 Å². The predicted octanol–water partition coefficient (Wildman–Crippen LogP) is 1.38. The number of hydrogen-bond acceptors (Lipinski definition) is 2. The summed E-state index contributed by atoms with van der Waals surface area (Å²) in [7, 11) is 0. The molecule has 2 aliphatic rings. The standard InChI is InChI=1S/C9H15NO/c1-6(2)10-5-8-4-9(10)7(3)11-8/h6,8-9H,3-5H2,1-2H3/t8-,9-/m0/s1. The minimum Gasteiger partial charge on any atom is -0.492 e. The molecule has 0 unspecified atom stereocenters. The summed E-state index contributed by atoms with van der Waals surface area (Å²) in [4.78, 5) is 2.47. The molecule has 0 spiro atoms. The fraction of sp³-hybridized carbons (Fsp3) is 0.778. The summed E-state index contributed by atoms with van der Waals surface area (Å²) < 4.78 is 5.50. The highest BCUT2D eigenvalue weighted by Crippen LogP contribution is 2.35. The number of morpholine rings is 1. The van der Waals surface area contributed by atoms with Gasteiger partial charge in [-0.1, -0.05) is 6.58 Å². The van der Waals surface area contributed by atoms with E-state index in [0.717, 1.165) is 18.7 Å². The third-order valence-electron chi connectivity index (χ3n) is 2.65. The molecule has 0 N–H and O–H groups in total. The fourth-order valence-electron chi connectivity index (χ4n) is 2.09. The van der Waals surface area contributed by atoms with E-state index >= 15 is 0 Å². The van der Waals surface area contributed by atoms with Gasteiger partial charge in [0.25, 0.3) is 0 Å². The molecular formula is C9H15NO. The number of fused-ring (bicyclic) bond motifs is 2. The Kier molecular flexibility index (Phi) is 1.46. The summed E-state index contributed by atoms with van der Waals surface area (Å²) in [5.41, 5.74) is 0. The average molecular weight is 153 g/mol. The van der Waals surface area contributed by atoms with Crippen LogP contribution in [-0.2, 0) is 4.74 Å². The van der Waals surface area contributed by atoms with Gasteiger partial charge >= 0.3 is 0 Å². The fourth-order valence-corrected chi connectivity index (χ4v) is 2.09. The molecule has 0 aliphatic carbocycles. The van der Waals surface area contributed by atoms with Gasteiger partial charge in [-0.15, -0.1) is 0 Å². The number of likely N-dealkylation sites (tertiary alicyclic amines) is 1. The highest BCUT2D eigenvalue weighted by molar-refractivity contribution is 5.11. The van der Waals surface area contributed by atoms with Crippen molar-refractivity contribution in [1.29, 1.82) is 0 Å². The first-order valence-electron chi connectivity index (χ1n) is 4.29. The molecule has 0 radical (unpaired) electrons. The van der Waals surface area contributed by atoms with E-state index in [1.165, 1.54) is 0 Å². The Bertz CT molecular complexity index is 188. The van der Waals surface area contributed by atoms with Crippen LogP contribution in [0, 0.1) is 0 Å². The second-order valence-electron chi connectivity index (χ2n) is 3.75. The topological polar surface area (TPSA) is 12.5 Å². The van der Waals surface area contributed by atoms with Gasteiger partial charge in [0.05, 0.1) is 6.04 Å². The highest BCUT2D eigenvalue weighted by Gasteiger charge is 2.43. The van der Waals surface area contributed by atoms with Crippen LogP contribution in [0.15, 0.2) is 12.3 Å². The van der Waals surface area contributed by atoms with E-state index < -0.39 is 0 Å². The van der Waals surface area contributed by atoms with Crippen molar-refractivity contribution in [2.24, 2.45) is 0 Å². The van der Waals surface area contributed by atoms with Crippen LogP contribution in [0.3, 0.4) is 0 Å². The van der Waals surface area contributed by atoms with Crippen LogP contribution in [0.4, 0.5) is 0 Å². The first kappa shape index (κ1) is 7.17. The lowest BCUT2D eigenvalue weighted by Gasteiger charge is -2.31. The summed E-state index contributed by atoms with van der Waals surface area (Å²) in [6.45, 7) is 9.46. The SMILES string of the molecule is C=C1O[C@H]2C[C@@H]1N(C(C)C)C2. The minimum atomic E-state index is 0.440. The summed E-state index contributed by atoms with van der Waals surface area (Å²) in [6.07, 6.45) is 1.60. The number of ether oxygens (including phenoxy) is 1. The minimum absolute atomic E-state index is 0.440. The van der Waals surface area contributed by atoms with Crippen LogP contribution in [0.2, 0.25) is 0 Å². The second kappa shape index (κ2) is 2.24. The third-order valence-corrected chi connectivity index (χ3v) is 2.65. The molecule has 2 aliphatic heterocycles. The molecule has 2 bridgehead atoms. The van der Waals surface area contributed by atoms with Crippen molar-refractivity contribution < 1.29 is 4.74 Å². The summed E-state index contributed by atoms with van der Waals surface area (Å²) in [5.74, 6) is 0.981. The maximum atomic E-state index is 5.50. The van der Waals surface area contributed by atoms with Crippen LogP contribution in [0.5, 0.6) is 0 Å². The van der Waals surface area contributed by atoms with Crippen molar-refractivity contribution in [3.63, 3.8) is 0 Å². The Morgan fingerprint density at radius 2 is 2.36 bits per heavy atom. The first-order chi connectivity index (χ1) is 5.18. The number of rotatable bonds is 1. The van der Waals surface area contributed by atoms with Crippen molar-refractivity contribution in [3.05, 3.63) is 12.3 Å². The maximum absolute atomic E-state index is 5.50. The molecule has 0 saturated carbocycles. The molecule has 0 aromatic heterocycles. The smallest absolute Gasteiger partial charge is 0.113 e. The molecule has 0 aromatic rings. The molecule has 2 saturated heterocycles. The van der Waals surface area contributed by atoms with Gasteiger partial charge in [0.1, 0.15) is 11.9 Å². The quantitative estimate of drug-likeness (QED) is 0.564. The average Bonchev–Trinajstić information content (AvgIpc) is 2.43. The van der Waals surface area contributed by atoms with E-state index in [0.29, 0.717) is 18.2 Å². The van der Waals surface area contributed by atoms with Crippen molar-refractivity contribution >= 4 is 0 Å². The third kappa shape index (κ3) is 0.968. The van der Waals surface area contributed by atoms with Crippen molar-refractivity contribution in [2.75, 3.05) is 6.54 Å². The maximum Gasteiger partial charge on any atom is 0.113 e. The molecule has 2 heteroatoms. The lowest BCUT2D eigenvalue weighted by molar-refractivity contribution is 0.0700. The molecule has 2 atom stereocenters. The van der Waals surface area contributed by atoms with Gasteiger partial charge in [-0.25, -0.2) is 0 Å². The van der Waals surface area contributed by atoms with Gasteiger partial charge in [-0.3, -0.25) is 4.90 Å². The summed E-state index contributed by atoms with van der Waals surface area (Å²) >= 11 is 0. The Morgan fingerprint density at radius 3 is 2.73 bits per heavy atom. The Labute approximate surface area is 67.8 Å². The molecule has 0 amide bonds. The number of nitrogens with zero attached hydrogens (tertiary/aromatic N) is 1. The molecule has 62 valence electrons. The van der Waals surface area contributed by atoms with E-state index in [9.17, 15) is 0 Å².